The molecule has 1 aliphatic rings. The molecule has 2 aromatic heterocycles. The van der Waals surface area contributed by atoms with Gasteiger partial charge < -0.3 is 9.32 Å². The summed E-state index contributed by atoms with van der Waals surface area (Å²) in [5.74, 6) is 0.291. The maximum absolute atomic E-state index is 12.3. The van der Waals surface area contributed by atoms with Crippen LogP contribution in [0, 0.1) is 0 Å². The van der Waals surface area contributed by atoms with Crippen molar-refractivity contribution in [3.63, 3.8) is 0 Å². The lowest BCUT2D eigenvalue weighted by Crippen LogP contribution is -2.33. The van der Waals surface area contributed by atoms with Crippen LogP contribution in [0.25, 0.3) is 0 Å². The first-order valence-electron chi connectivity index (χ1n) is 6.52. The van der Waals surface area contributed by atoms with Crippen molar-refractivity contribution in [3.8, 4) is 0 Å². The highest BCUT2D eigenvalue weighted by atomic mass is 16.3. The maximum Gasteiger partial charge on any atom is 0.289 e. The standard InChI is InChI=1S/C15H16N2O2/c1-17(15(18)13-8-4-10-19-13)12-7-2-5-11-6-3-9-16-14(11)12/h3-4,6,8-10,12H,2,5,7H2,1H3/t12-/m0/s1. The molecule has 0 fully saturated rings. The molecule has 19 heavy (non-hydrogen) atoms. The summed E-state index contributed by atoms with van der Waals surface area (Å²) < 4.78 is 5.18. The Morgan fingerprint density at radius 1 is 1.42 bits per heavy atom. The lowest BCUT2D eigenvalue weighted by atomic mass is 9.91. The lowest BCUT2D eigenvalue weighted by Gasteiger charge is -2.31. The minimum absolute atomic E-state index is 0.0440. The molecule has 1 amide bonds. The van der Waals surface area contributed by atoms with Gasteiger partial charge in [-0.15, -0.1) is 0 Å². The molecule has 2 heterocycles. The monoisotopic (exact) mass is 256 g/mol. The molecule has 0 aromatic carbocycles. The van der Waals surface area contributed by atoms with E-state index in [-0.39, 0.29) is 11.9 Å². The molecule has 0 aliphatic heterocycles. The second kappa shape index (κ2) is 4.88. The Morgan fingerprint density at radius 2 is 2.32 bits per heavy atom. The van der Waals surface area contributed by atoms with Crippen LogP contribution in [-0.4, -0.2) is 22.8 Å². The van der Waals surface area contributed by atoms with Crippen LogP contribution in [0.4, 0.5) is 0 Å². The molecule has 2 aromatic rings. The average Bonchev–Trinajstić information content (AvgIpc) is 2.99. The fraction of sp³-hybridized carbons (Fsp3) is 0.333. The van der Waals surface area contributed by atoms with Gasteiger partial charge in [0.15, 0.2) is 5.76 Å². The van der Waals surface area contributed by atoms with E-state index in [1.807, 2.05) is 13.1 Å². The van der Waals surface area contributed by atoms with E-state index in [0.29, 0.717) is 5.76 Å². The number of nitrogens with zero attached hydrogens (tertiary/aromatic N) is 2. The molecule has 98 valence electrons. The second-order valence-electron chi connectivity index (χ2n) is 4.85. The average molecular weight is 256 g/mol. The van der Waals surface area contributed by atoms with E-state index in [2.05, 4.69) is 11.1 Å². The van der Waals surface area contributed by atoms with E-state index in [1.54, 1.807) is 23.2 Å². The number of amides is 1. The van der Waals surface area contributed by atoms with Crippen LogP contribution >= 0.6 is 0 Å². The van der Waals surface area contributed by atoms with E-state index < -0.39 is 0 Å². The van der Waals surface area contributed by atoms with Crippen LogP contribution in [0.2, 0.25) is 0 Å². The molecule has 0 unspecified atom stereocenters. The Kier molecular flexibility index (Phi) is 3.07. The highest BCUT2D eigenvalue weighted by molar-refractivity contribution is 5.91. The van der Waals surface area contributed by atoms with Crippen molar-refractivity contribution in [1.29, 1.82) is 0 Å². The number of rotatable bonds is 2. The first-order valence-corrected chi connectivity index (χ1v) is 6.52. The molecule has 0 saturated carbocycles. The Hall–Kier alpha value is -2.10. The van der Waals surface area contributed by atoms with Gasteiger partial charge in [0.1, 0.15) is 0 Å². The minimum Gasteiger partial charge on any atom is -0.459 e. The quantitative estimate of drug-likeness (QED) is 0.830. The summed E-state index contributed by atoms with van der Waals surface area (Å²) >= 11 is 0. The number of pyridine rings is 1. The SMILES string of the molecule is CN(C(=O)c1ccco1)[C@H]1CCCc2cccnc21. The summed E-state index contributed by atoms with van der Waals surface area (Å²) in [5.41, 5.74) is 2.27. The van der Waals surface area contributed by atoms with Crippen molar-refractivity contribution in [1.82, 2.24) is 9.88 Å². The Balaban J connectivity index is 1.89. The number of hydrogen-bond donors (Lipinski definition) is 0. The van der Waals surface area contributed by atoms with Crippen LogP contribution in [0.3, 0.4) is 0 Å². The smallest absolute Gasteiger partial charge is 0.289 e. The molecule has 0 radical (unpaired) electrons. The van der Waals surface area contributed by atoms with Gasteiger partial charge in [0.2, 0.25) is 0 Å². The fourth-order valence-electron chi connectivity index (χ4n) is 2.68. The zero-order valence-electron chi connectivity index (χ0n) is 10.9. The highest BCUT2D eigenvalue weighted by Gasteiger charge is 2.29. The minimum atomic E-state index is -0.0893. The van der Waals surface area contributed by atoms with Crippen molar-refractivity contribution in [2.45, 2.75) is 25.3 Å². The van der Waals surface area contributed by atoms with Crippen LogP contribution in [0.5, 0.6) is 0 Å². The molecule has 4 heteroatoms. The summed E-state index contributed by atoms with van der Waals surface area (Å²) in [4.78, 5) is 18.5. The van der Waals surface area contributed by atoms with Gasteiger partial charge in [0.25, 0.3) is 5.91 Å². The maximum atomic E-state index is 12.3. The summed E-state index contributed by atoms with van der Waals surface area (Å²) in [7, 11) is 1.82. The zero-order valence-corrected chi connectivity index (χ0v) is 10.9. The molecule has 1 aliphatic carbocycles. The van der Waals surface area contributed by atoms with Crippen molar-refractivity contribution in [2.24, 2.45) is 0 Å². The first kappa shape index (κ1) is 12.0. The molecular formula is C15H16N2O2. The van der Waals surface area contributed by atoms with Crippen molar-refractivity contribution in [2.75, 3.05) is 7.05 Å². The molecule has 1 atom stereocenters. The van der Waals surface area contributed by atoms with E-state index in [1.165, 1.54) is 11.8 Å². The number of hydrogen-bond acceptors (Lipinski definition) is 3. The zero-order chi connectivity index (χ0) is 13.2. The predicted octanol–water partition coefficient (Wildman–Crippen LogP) is 2.82. The molecule has 0 spiro atoms. The van der Waals surface area contributed by atoms with E-state index in [4.69, 9.17) is 4.42 Å². The van der Waals surface area contributed by atoms with Crippen LogP contribution in [0.1, 0.15) is 40.7 Å². The largest absolute Gasteiger partial charge is 0.459 e. The van der Waals surface area contributed by atoms with Gasteiger partial charge in [-0.3, -0.25) is 9.78 Å². The Morgan fingerprint density at radius 3 is 3.11 bits per heavy atom. The first-order chi connectivity index (χ1) is 9.27. The van der Waals surface area contributed by atoms with Gasteiger partial charge in [-0.25, -0.2) is 0 Å². The number of furan rings is 1. The Bertz CT molecular complexity index is 578. The van der Waals surface area contributed by atoms with Gasteiger partial charge in [0.05, 0.1) is 18.0 Å². The molecule has 3 rings (SSSR count). The van der Waals surface area contributed by atoms with Crippen molar-refractivity contribution < 1.29 is 9.21 Å². The van der Waals surface area contributed by atoms with Gasteiger partial charge >= 0.3 is 0 Å². The van der Waals surface area contributed by atoms with E-state index in [9.17, 15) is 4.79 Å². The third kappa shape index (κ3) is 2.14. The molecule has 0 saturated heterocycles. The number of carbonyl (C=O) groups excluding carboxylic acids is 1. The Labute approximate surface area is 112 Å². The summed E-state index contributed by atoms with van der Waals surface area (Å²) in [6.07, 6.45) is 6.39. The van der Waals surface area contributed by atoms with Gasteiger partial charge in [0, 0.05) is 13.2 Å². The third-order valence-corrected chi connectivity index (χ3v) is 3.69. The van der Waals surface area contributed by atoms with E-state index >= 15 is 0 Å². The number of fused-ring (bicyclic) bond motifs is 1. The third-order valence-electron chi connectivity index (χ3n) is 3.69. The summed E-state index contributed by atoms with van der Waals surface area (Å²) in [6, 6.07) is 7.52. The molecule has 4 nitrogen and oxygen atoms in total. The lowest BCUT2D eigenvalue weighted by molar-refractivity contribution is 0.0678. The van der Waals surface area contributed by atoms with E-state index in [0.717, 1.165) is 25.0 Å². The molecule has 0 bridgehead atoms. The number of aryl methyl sites for hydroxylation is 1. The van der Waals surface area contributed by atoms with Gasteiger partial charge in [-0.1, -0.05) is 6.07 Å². The highest BCUT2D eigenvalue weighted by Crippen LogP contribution is 2.32. The summed E-state index contributed by atoms with van der Waals surface area (Å²) in [5, 5.41) is 0. The van der Waals surface area contributed by atoms with Crippen molar-refractivity contribution in [3.05, 3.63) is 53.7 Å². The number of aromatic nitrogens is 1. The topological polar surface area (TPSA) is 46.3 Å². The van der Waals surface area contributed by atoms with Gasteiger partial charge in [-0.2, -0.15) is 0 Å². The second-order valence-corrected chi connectivity index (χ2v) is 4.85. The predicted molar refractivity (Wildman–Crippen MR) is 70.7 cm³/mol. The van der Waals surface area contributed by atoms with Crippen LogP contribution in [0.15, 0.2) is 41.1 Å². The summed E-state index contributed by atoms with van der Waals surface area (Å²) in [6.45, 7) is 0. The number of carbonyl (C=O) groups is 1. The van der Waals surface area contributed by atoms with Crippen LogP contribution in [-0.2, 0) is 6.42 Å². The fourth-order valence-corrected chi connectivity index (χ4v) is 2.68. The van der Waals surface area contributed by atoms with Crippen LogP contribution < -0.4 is 0 Å². The normalized spacial score (nSPS) is 17.8. The molecule has 0 N–H and O–H groups in total. The van der Waals surface area contributed by atoms with Gasteiger partial charge in [-0.05, 0) is 43.0 Å². The molecular weight excluding hydrogens is 240 g/mol. The van der Waals surface area contributed by atoms with Crippen molar-refractivity contribution >= 4 is 5.91 Å².